The topological polar surface area (TPSA) is 36.4 Å². The quantitative estimate of drug-likeness (QED) is 0.715. The van der Waals surface area contributed by atoms with Crippen molar-refractivity contribution in [2.45, 2.75) is 25.4 Å². The predicted molar refractivity (Wildman–Crippen MR) is 110 cm³/mol. The monoisotopic (exact) mass is 358 g/mol. The minimum Gasteiger partial charge on any atom is -0.392 e. The van der Waals surface area contributed by atoms with Gasteiger partial charge in [-0.15, -0.1) is 0 Å². The molecule has 1 atom stereocenters. The van der Waals surface area contributed by atoms with E-state index in [4.69, 9.17) is 0 Å². The Morgan fingerprint density at radius 3 is 2.56 bits per heavy atom. The molecule has 1 saturated heterocycles. The number of aromatic nitrogens is 1. The summed E-state index contributed by atoms with van der Waals surface area (Å²) in [5.74, 6) is 0.583. The summed E-state index contributed by atoms with van der Waals surface area (Å²) in [4.78, 5) is 7.13. The summed E-state index contributed by atoms with van der Waals surface area (Å²) >= 11 is 0. The molecule has 3 nitrogen and oxygen atoms in total. The number of hydrogen-bond acceptors (Lipinski definition) is 3. The van der Waals surface area contributed by atoms with Gasteiger partial charge < -0.3 is 10.0 Å². The van der Waals surface area contributed by atoms with E-state index in [2.05, 4.69) is 52.3 Å². The van der Waals surface area contributed by atoms with Gasteiger partial charge in [-0.1, -0.05) is 54.6 Å². The molecule has 0 bridgehead atoms. The van der Waals surface area contributed by atoms with Crippen LogP contribution in [0, 0.1) is 0 Å². The molecule has 0 spiro atoms. The maximum Gasteiger partial charge on any atom is 0.0704 e. The molecule has 1 N–H and O–H groups in total. The van der Waals surface area contributed by atoms with Gasteiger partial charge in [-0.3, -0.25) is 4.98 Å². The molecule has 4 rings (SSSR count). The van der Waals surface area contributed by atoms with Crippen LogP contribution in [-0.2, 0) is 13.0 Å². The highest BCUT2D eigenvalue weighted by Gasteiger charge is 2.23. The van der Waals surface area contributed by atoms with Gasteiger partial charge >= 0.3 is 0 Å². The number of aliphatic hydroxyl groups excluding tert-OH is 1. The van der Waals surface area contributed by atoms with Crippen LogP contribution in [-0.4, -0.2) is 34.6 Å². The van der Waals surface area contributed by atoms with Gasteiger partial charge in [0.2, 0.25) is 0 Å². The van der Waals surface area contributed by atoms with E-state index in [0.29, 0.717) is 5.92 Å². The van der Waals surface area contributed by atoms with Crippen LogP contribution in [0.4, 0.5) is 0 Å². The first-order chi connectivity index (χ1) is 13.3. The summed E-state index contributed by atoms with van der Waals surface area (Å²) in [6, 6.07) is 23.1. The molecule has 138 valence electrons. The second kappa shape index (κ2) is 8.47. The molecule has 0 radical (unpaired) electrons. The average Bonchev–Trinajstić information content (AvgIpc) is 3.22. The fourth-order valence-corrected chi connectivity index (χ4v) is 3.88. The third-order valence-corrected chi connectivity index (χ3v) is 5.52. The predicted octanol–water partition coefficient (Wildman–Crippen LogP) is 4.27. The van der Waals surface area contributed by atoms with Gasteiger partial charge in [-0.2, -0.15) is 0 Å². The van der Waals surface area contributed by atoms with Gasteiger partial charge in [0.25, 0.3) is 0 Å². The first-order valence-electron chi connectivity index (χ1n) is 9.74. The molecule has 1 fully saturated rings. The van der Waals surface area contributed by atoms with E-state index < -0.39 is 0 Å². The Labute approximate surface area is 161 Å². The number of rotatable bonds is 6. The maximum atomic E-state index is 9.21. The number of hydrogen-bond donors (Lipinski definition) is 1. The minimum atomic E-state index is 0.0780. The molecule has 27 heavy (non-hydrogen) atoms. The SMILES string of the molecule is OCc1ccc(-c2cc(C3CCN(CCc4ccccc4)C3)ccn2)cc1. The minimum absolute atomic E-state index is 0.0780. The van der Waals surface area contributed by atoms with Crippen molar-refractivity contribution in [1.29, 1.82) is 0 Å². The standard InChI is InChI=1S/C24H26N2O/c27-18-20-6-8-21(9-7-20)24-16-22(10-13-25-24)23-12-15-26(17-23)14-11-19-4-2-1-3-5-19/h1-10,13,16,23,27H,11-12,14-15,17-18H2. The molecule has 3 aromatic rings. The average molecular weight is 358 g/mol. The summed E-state index contributed by atoms with van der Waals surface area (Å²) in [7, 11) is 0. The molecule has 2 aromatic carbocycles. The lowest BCUT2D eigenvalue weighted by Crippen LogP contribution is -2.23. The fourth-order valence-electron chi connectivity index (χ4n) is 3.88. The molecule has 2 heterocycles. The summed E-state index contributed by atoms with van der Waals surface area (Å²) in [6.07, 6.45) is 4.26. The summed E-state index contributed by atoms with van der Waals surface area (Å²) in [6.45, 7) is 3.50. The lowest BCUT2D eigenvalue weighted by atomic mass is 9.97. The van der Waals surface area contributed by atoms with Crippen LogP contribution >= 0.6 is 0 Å². The number of likely N-dealkylation sites (tertiary alicyclic amines) is 1. The lowest BCUT2D eigenvalue weighted by molar-refractivity contribution is 0.282. The Bertz CT molecular complexity index is 861. The molecule has 0 aliphatic carbocycles. The van der Waals surface area contributed by atoms with Crippen molar-refractivity contribution in [3.63, 3.8) is 0 Å². The fraction of sp³-hybridized carbons (Fsp3) is 0.292. The van der Waals surface area contributed by atoms with E-state index in [1.54, 1.807) is 0 Å². The van der Waals surface area contributed by atoms with Gasteiger partial charge in [-0.25, -0.2) is 0 Å². The third-order valence-electron chi connectivity index (χ3n) is 5.52. The third kappa shape index (κ3) is 4.44. The highest BCUT2D eigenvalue weighted by Crippen LogP contribution is 2.29. The Morgan fingerprint density at radius 2 is 1.78 bits per heavy atom. The highest BCUT2D eigenvalue weighted by molar-refractivity contribution is 5.60. The number of nitrogens with zero attached hydrogens (tertiary/aromatic N) is 2. The Morgan fingerprint density at radius 1 is 0.963 bits per heavy atom. The van der Waals surface area contributed by atoms with Crippen molar-refractivity contribution >= 4 is 0 Å². The zero-order valence-electron chi connectivity index (χ0n) is 15.6. The van der Waals surface area contributed by atoms with Crippen molar-refractivity contribution in [2.24, 2.45) is 0 Å². The molecule has 1 aromatic heterocycles. The molecule has 0 saturated carbocycles. The van der Waals surface area contributed by atoms with E-state index in [1.807, 2.05) is 30.5 Å². The van der Waals surface area contributed by atoms with E-state index >= 15 is 0 Å². The van der Waals surface area contributed by atoms with Crippen LogP contribution in [0.25, 0.3) is 11.3 Å². The normalized spacial score (nSPS) is 17.3. The van der Waals surface area contributed by atoms with Crippen molar-refractivity contribution in [2.75, 3.05) is 19.6 Å². The van der Waals surface area contributed by atoms with Crippen molar-refractivity contribution in [1.82, 2.24) is 9.88 Å². The van der Waals surface area contributed by atoms with Crippen LogP contribution in [0.2, 0.25) is 0 Å². The Balaban J connectivity index is 1.40. The van der Waals surface area contributed by atoms with Gasteiger partial charge in [0.1, 0.15) is 0 Å². The van der Waals surface area contributed by atoms with Crippen LogP contribution < -0.4 is 0 Å². The summed E-state index contributed by atoms with van der Waals surface area (Å²) < 4.78 is 0. The van der Waals surface area contributed by atoms with Crippen molar-refractivity contribution in [3.05, 3.63) is 89.6 Å². The number of benzene rings is 2. The zero-order valence-corrected chi connectivity index (χ0v) is 15.6. The molecular formula is C24H26N2O. The van der Waals surface area contributed by atoms with Crippen LogP contribution in [0.15, 0.2) is 72.9 Å². The van der Waals surface area contributed by atoms with E-state index in [1.165, 1.54) is 24.1 Å². The summed E-state index contributed by atoms with van der Waals surface area (Å²) in [5, 5.41) is 9.21. The molecule has 1 unspecified atom stereocenters. The largest absolute Gasteiger partial charge is 0.392 e. The Hall–Kier alpha value is -2.49. The number of aliphatic hydroxyl groups is 1. The Kier molecular flexibility index (Phi) is 5.61. The molecular weight excluding hydrogens is 332 g/mol. The van der Waals surface area contributed by atoms with E-state index in [0.717, 1.165) is 36.3 Å². The first-order valence-corrected chi connectivity index (χ1v) is 9.74. The van der Waals surface area contributed by atoms with Gasteiger partial charge in [-0.05, 0) is 54.1 Å². The van der Waals surface area contributed by atoms with Crippen molar-refractivity contribution in [3.8, 4) is 11.3 Å². The molecule has 0 amide bonds. The summed E-state index contributed by atoms with van der Waals surface area (Å²) in [5.41, 5.74) is 5.85. The lowest BCUT2D eigenvalue weighted by Gasteiger charge is -2.16. The van der Waals surface area contributed by atoms with E-state index in [-0.39, 0.29) is 6.61 Å². The molecule has 1 aliphatic rings. The molecule has 3 heteroatoms. The van der Waals surface area contributed by atoms with Crippen molar-refractivity contribution < 1.29 is 5.11 Å². The van der Waals surface area contributed by atoms with Crippen LogP contribution in [0.3, 0.4) is 0 Å². The van der Waals surface area contributed by atoms with Gasteiger partial charge in [0.05, 0.1) is 12.3 Å². The zero-order chi connectivity index (χ0) is 18.5. The number of pyridine rings is 1. The smallest absolute Gasteiger partial charge is 0.0704 e. The second-order valence-electron chi connectivity index (χ2n) is 7.35. The van der Waals surface area contributed by atoms with Gasteiger partial charge in [0.15, 0.2) is 0 Å². The maximum absolute atomic E-state index is 9.21. The van der Waals surface area contributed by atoms with E-state index in [9.17, 15) is 5.11 Å². The first kappa shape index (κ1) is 17.9. The van der Waals surface area contributed by atoms with Crippen LogP contribution in [0.5, 0.6) is 0 Å². The molecule has 1 aliphatic heterocycles. The second-order valence-corrected chi connectivity index (χ2v) is 7.35. The van der Waals surface area contributed by atoms with Gasteiger partial charge in [0, 0.05) is 24.8 Å². The highest BCUT2D eigenvalue weighted by atomic mass is 16.3. The van der Waals surface area contributed by atoms with Crippen LogP contribution in [0.1, 0.15) is 29.0 Å².